The lowest BCUT2D eigenvalue weighted by Crippen LogP contribution is -2.24. The number of benzene rings is 1. The second-order valence-corrected chi connectivity index (χ2v) is 5.39. The molecule has 2 unspecified atom stereocenters. The van der Waals surface area contributed by atoms with Crippen LogP contribution in [0.1, 0.15) is 44.6 Å². The predicted octanol–water partition coefficient (Wildman–Crippen LogP) is 3.53. The summed E-state index contributed by atoms with van der Waals surface area (Å²) < 4.78 is 11.3. The Morgan fingerprint density at radius 3 is 2.53 bits per heavy atom. The van der Waals surface area contributed by atoms with Crippen molar-refractivity contribution in [3.63, 3.8) is 0 Å². The highest BCUT2D eigenvalue weighted by Crippen LogP contribution is 2.25. The summed E-state index contributed by atoms with van der Waals surface area (Å²) in [6.07, 6.45) is 4.12. The average Bonchev–Trinajstić information content (AvgIpc) is 2.42. The summed E-state index contributed by atoms with van der Waals surface area (Å²) >= 11 is 0. The summed E-state index contributed by atoms with van der Waals surface area (Å²) in [5.74, 6) is 1.08. The van der Waals surface area contributed by atoms with Gasteiger partial charge in [-0.15, -0.1) is 0 Å². The minimum absolute atomic E-state index is 0.0417. The Morgan fingerprint density at radius 1 is 1.26 bits per heavy atom. The zero-order chi connectivity index (χ0) is 13.7. The minimum Gasteiger partial charge on any atom is -0.465 e. The molecule has 1 aromatic carbocycles. The molecule has 1 fully saturated rings. The van der Waals surface area contributed by atoms with Crippen molar-refractivity contribution in [3.8, 4) is 5.75 Å². The molecule has 2 atom stereocenters. The molecule has 1 saturated heterocycles. The van der Waals surface area contributed by atoms with Crippen molar-refractivity contribution in [2.75, 3.05) is 6.61 Å². The molecular weight excluding hydrogens is 240 g/mol. The van der Waals surface area contributed by atoms with Gasteiger partial charge in [0.1, 0.15) is 12.0 Å². The van der Waals surface area contributed by atoms with Crippen LogP contribution in [0.3, 0.4) is 0 Å². The molecule has 104 valence electrons. The smallest absolute Gasteiger partial charge is 0.199 e. The lowest BCUT2D eigenvalue weighted by molar-refractivity contribution is -0.110. The van der Waals surface area contributed by atoms with E-state index >= 15 is 0 Å². The first-order valence-electron chi connectivity index (χ1n) is 7.04. The van der Waals surface area contributed by atoms with Crippen molar-refractivity contribution >= 4 is 6.29 Å². The maximum Gasteiger partial charge on any atom is 0.199 e. The number of aldehydes is 1. The van der Waals surface area contributed by atoms with Crippen LogP contribution in [0.4, 0.5) is 0 Å². The molecule has 1 heterocycles. The SMILES string of the molecule is CC(C)C(C=O)c1ccc(OC2CCCCO2)cc1. The van der Waals surface area contributed by atoms with Gasteiger partial charge in [-0.2, -0.15) is 0 Å². The lowest BCUT2D eigenvalue weighted by atomic mass is 9.90. The summed E-state index contributed by atoms with van der Waals surface area (Å²) in [5.41, 5.74) is 1.04. The Kier molecular flexibility index (Phi) is 4.97. The Hall–Kier alpha value is -1.35. The summed E-state index contributed by atoms with van der Waals surface area (Å²) in [6.45, 7) is 4.89. The van der Waals surface area contributed by atoms with E-state index in [2.05, 4.69) is 13.8 Å². The van der Waals surface area contributed by atoms with Gasteiger partial charge in [-0.3, -0.25) is 0 Å². The molecule has 3 heteroatoms. The van der Waals surface area contributed by atoms with Crippen LogP contribution in [0.5, 0.6) is 5.75 Å². The van der Waals surface area contributed by atoms with Gasteiger partial charge in [0.25, 0.3) is 0 Å². The number of ether oxygens (including phenoxy) is 2. The molecule has 0 bridgehead atoms. The second-order valence-electron chi connectivity index (χ2n) is 5.39. The second kappa shape index (κ2) is 6.71. The highest BCUT2D eigenvalue weighted by molar-refractivity contribution is 5.62. The third-order valence-corrected chi connectivity index (χ3v) is 3.54. The maximum atomic E-state index is 11.1. The van der Waals surface area contributed by atoms with Crippen LogP contribution in [0.25, 0.3) is 0 Å². The van der Waals surface area contributed by atoms with Gasteiger partial charge in [0.2, 0.25) is 0 Å². The molecule has 2 rings (SSSR count). The third kappa shape index (κ3) is 3.80. The van der Waals surface area contributed by atoms with Gasteiger partial charge in [-0.25, -0.2) is 0 Å². The van der Waals surface area contributed by atoms with Gasteiger partial charge < -0.3 is 14.3 Å². The minimum atomic E-state index is -0.119. The number of hydrogen-bond donors (Lipinski definition) is 0. The summed E-state index contributed by atoms with van der Waals surface area (Å²) in [7, 11) is 0. The van der Waals surface area contributed by atoms with Crippen LogP contribution >= 0.6 is 0 Å². The molecule has 1 aliphatic heterocycles. The van der Waals surface area contributed by atoms with E-state index in [1.54, 1.807) is 0 Å². The number of carbonyl (C=O) groups excluding carboxylic acids is 1. The Bertz CT molecular complexity index is 391. The average molecular weight is 262 g/mol. The number of rotatable bonds is 5. The monoisotopic (exact) mass is 262 g/mol. The van der Waals surface area contributed by atoms with Crippen molar-refractivity contribution in [1.82, 2.24) is 0 Å². The Labute approximate surface area is 114 Å². The van der Waals surface area contributed by atoms with E-state index in [0.717, 1.165) is 43.5 Å². The highest BCUT2D eigenvalue weighted by Gasteiger charge is 2.17. The van der Waals surface area contributed by atoms with Crippen molar-refractivity contribution in [1.29, 1.82) is 0 Å². The number of hydrogen-bond acceptors (Lipinski definition) is 3. The molecule has 0 aliphatic carbocycles. The van der Waals surface area contributed by atoms with Crippen molar-refractivity contribution in [2.45, 2.75) is 45.3 Å². The first-order chi connectivity index (χ1) is 9.20. The zero-order valence-corrected chi connectivity index (χ0v) is 11.7. The molecular formula is C16H22O3. The van der Waals surface area contributed by atoms with E-state index in [4.69, 9.17) is 9.47 Å². The zero-order valence-electron chi connectivity index (χ0n) is 11.7. The van der Waals surface area contributed by atoms with Crippen molar-refractivity contribution in [3.05, 3.63) is 29.8 Å². The lowest BCUT2D eigenvalue weighted by Gasteiger charge is -2.23. The van der Waals surface area contributed by atoms with Crippen LogP contribution in [-0.2, 0) is 9.53 Å². The summed E-state index contributed by atoms with van der Waals surface area (Å²) in [5, 5.41) is 0. The molecule has 19 heavy (non-hydrogen) atoms. The van der Waals surface area contributed by atoms with Crippen LogP contribution in [0, 0.1) is 5.92 Å². The molecule has 0 N–H and O–H groups in total. The van der Waals surface area contributed by atoms with Crippen LogP contribution in [-0.4, -0.2) is 19.2 Å². The summed E-state index contributed by atoms with van der Waals surface area (Å²) in [4.78, 5) is 11.1. The molecule has 0 spiro atoms. The first-order valence-corrected chi connectivity index (χ1v) is 7.04. The van der Waals surface area contributed by atoms with Gasteiger partial charge in [-0.1, -0.05) is 26.0 Å². The fourth-order valence-electron chi connectivity index (χ4n) is 2.35. The van der Waals surface area contributed by atoms with E-state index in [-0.39, 0.29) is 12.2 Å². The quantitative estimate of drug-likeness (QED) is 0.761. The van der Waals surface area contributed by atoms with Crippen LogP contribution in [0.15, 0.2) is 24.3 Å². The van der Waals surface area contributed by atoms with Crippen molar-refractivity contribution < 1.29 is 14.3 Å². The van der Waals surface area contributed by atoms with Gasteiger partial charge in [0.15, 0.2) is 6.29 Å². The Morgan fingerprint density at radius 2 is 2.00 bits per heavy atom. The molecule has 1 aromatic rings. The third-order valence-electron chi connectivity index (χ3n) is 3.54. The topological polar surface area (TPSA) is 35.5 Å². The van der Waals surface area contributed by atoms with E-state index in [9.17, 15) is 4.79 Å². The predicted molar refractivity (Wildman–Crippen MR) is 74.3 cm³/mol. The molecule has 0 radical (unpaired) electrons. The number of carbonyl (C=O) groups is 1. The fourth-order valence-corrected chi connectivity index (χ4v) is 2.35. The maximum absolute atomic E-state index is 11.1. The standard InChI is InChI=1S/C16H22O3/c1-12(2)15(11-17)13-6-8-14(9-7-13)19-16-5-3-4-10-18-16/h6-9,11-12,15-16H,3-5,10H2,1-2H3. The first kappa shape index (κ1) is 14.1. The van der Waals surface area contributed by atoms with Crippen LogP contribution < -0.4 is 4.74 Å². The van der Waals surface area contributed by atoms with Crippen molar-refractivity contribution in [2.24, 2.45) is 5.92 Å². The normalized spacial score (nSPS) is 21.1. The van der Waals surface area contributed by atoms with E-state index in [1.165, 1.54) is 0 Å². The van der Waals surface area contributed by atoms with Crippen LogP contribution in [0.2, 0.25) is 0 Å². The van der Waals surface area contributed by atoms with E-state index in [1.807, 2.05) is 24.3 Å². The molecule has 0 amide bonds. The fraction of sp³-hybridized carbons (Fsp3) is 0.562. The molecule has 1 aliphatic rings. The van der Waals surface area contributed by atoms with Gasteiger partial charge >= 0.3 is 0 Å². The van der Waals surface area contributed by atoms with Gasteiger partial charge in [0.05, 0.1) is 6.61 Å². The van der Waals surface area contributed by atoms with E-state index in [0.29, 0.717) is 5.92 Å². The molecule has 0 aromatic heterocycles. The molecule has 3 nitrogen and oxygen atoms in total. The largest absolute Gasteiger partial charge is 0.465 e. The van der Waals surface area contributed by atoms with Gasteiger partial charge in [-0.05, 0) is 36.5 Å². The Balaban J connectivity index is 1.99. The summed E-state index contributed by atoms with van der Waals surface area (Å²) in [6, 6.07) is 7.78. The van der Waals surface area contributed by atoms with E-state index < -0.39 is 0 Å². The molecule has 0 saturated carbocycles. The van der Waals surface area contributed by atoms with Gasteiger partial charge in [0, 0.05) is 12.3 Å². The highest BCUT2D eigenvalue weighted by atomic mass is 16.7.